The predicted molar refractivity (Wildman–Crippen MR) is 88.4 cm³/mol. The van der Waals surface area contributed by atoms with Gasteiger partial charge in [0, 0.05) is 31.7 Å². The van der Waals surface area contributed by atoms with Gasteiger partial charge in [0.05, 0.1) is 10.6 Å². The van der Waals surface area contributed by atoms with Gasteiger partial charge in [-0.2, -0.15) is 0 Å². The van der Waals surface area contributed by atoms with E-state index in [0.29, 0.717) is 23.6 Å². The monoisotopic (exact) mass is 313 g/mol. The molecular weight excluding hydrogens is 294 g/mol. The first kappa shape index (κ1) is 16.7. The highest BCUT2D eigenvalue weighted by molar-refractivity contribution is 7.80. The van der Waals surface area contributed by atoms with Crippen molar-refractivity contribution in [1.29, 1.82) is 0 Å². The third-order valence-electron chi connectivity index (χ3n) is 3.03. The molecule has 0 aromatic heterocycles. The van der Waals surface area contributed by atoms with Crippen molar-refractivity contribution in [2.75, 3.05) is 25.0 Å². The zero-order valence-corrected chi connectivity index (χ0v) is 13.4. The molecule has 3 N–H and O–H groups in total. The predicted octanol–water partition coefficient (Wildman–Crippen LogP) is 2.64. The molecule has 4 nitrogen and oxygen atoms in total. The number of rotatable bonds is 7. The van der Waals surface area contributed by atoms with Crippen molar-refractivity contribution in [1.82, 2.24) is 4.90 Å². The number of amides is 1. The van der Waals surface area contributed by atoms with E-state index in [0.717, 1.165) is 18.8 Å². The minimum atomic E-state index is 0.126. The fourth-order valence-electron chi connectivity index (χ4n) is 1.96. The van der Waals surface area contributed by atoms with Crippen LogP contribution in [0, 0.1) is 0 Å². The van der Waals surface area contributed by atoms with Crippen molar-refractivity contribution in [3.63, 3.8) is 0 Å². The molecule has 0 aliphatic rings. The summed E-state index contributed by atoms with van der Waals surface area (Å²) in [6, 6.07) is 5.41. The van der Waals surface area contributed by atoms with Gasteiger partial charge in [0.2, 0.25) is 5.91 Å². The average Bonchev–Trinajstić information content (AvgIpc) is 2.39. The van der Waals surface area contributed by atoms with Crippen LogP contribution in [-0.4, -0.2) is 35.4 Å². The van der Waals surface area contributed by atoms with Crippen molar-refractivity contribution >= 4 is 40.4 Å². The van der Waals surface area contributed by atoms with Crippen LogP contribution in [0.4, 0.5) is 5.69 Å². The van der Waals surface area contributed by atoms with Gasteiger partial charge in [-0.05, 0) is 26.0 Å². The summed E-state index contributed by atoms with van der Waals surface area (Å²) < 4.78 is 0. The molecule has 20 heavy (non-hydrogen) atoms. The molecule has 110 valence electrons. The second-order valence-electron chi connectivity index (χ2n) is 4.27. The topological polar surface area (TPSA) is 58.4 Å². The smallest absolute Gasteiger partial charge is 0.224 e. The maximum absolute atomic E-state index is 11.9. The first-order chi connectivity index (χ1) is 9.51. The molecule has 1 rings (SSSR count). The number of halogens is 1. The first-order valence-corrected chi connectivity index (χ1v) is 7.39. The summed E-state index contributed by atoms with van der Waals surface area (Å²) in [6.45, 7) is 5.91. The molecule has 0 fully saturated rings. The van der Waals surface area contributed by atoms with Gasteiger partial charge in [0.25, 0.3) is 0 Å². The molecular formula is C14H20ClN3OS. The highest BCUT2D eigenvalue weighted by atomic mass is 35.5. The van der Waals surface area contributed by atoms with Crippen molar-refractivity contribution < 1.29 is 4.79 Å². The van der Waals surface area contributed by atoms with E-state index < -0.39 is 0 Å². The zero-order valence-electron chi connectivity index (χ0n) is 11.8. The van der Waals surface area contributed by atoms with E-state index in [1.807, 2.05) is 26.0 Å². The Morgan fingerprint density at radius 1 is 1.40 bits per heavy atom. The third kappa shape index (κ3) is 4.35. The number of carbonyl (C=O) groups excluding carboxylic acids is 1. The number of anilines is 1. The summed E-state index contributed by atoms with van der Waals surface area (Å²) in [5.41, 5.74) is 7.06. The van der Waals surface area contributed by atoms with Gasteiger partial charge in [0.15, 0.2) is 0 Å². The van der Waals surface area contributed by atoms with E-state index >= 15 is 0 Å². The molecule has 1 amide bonds. The lowest BCUT2D eigenvalue weighted by molar-refractivity contribution is -0.130. The zero-order chi connectivity index (χ0) is 15.1. The Morgan fingerprint density at radius 3 is 2.60 bits per heavy atom. The normalized spacial score (nSPS) is 10.2. The number of hydrogen-bond acceptors (Lipinski definition) is 3. The van der Waals surface area contributed by atoms with Gasteiger partial charge in [-0.25, -0.2) is 0 Å². The molecule has 0 spiro atoms. The Balaban J connectivity index is 2.65. The highest BCUT2D eigenvalue weighted by Gasteiger charge is 2.11. The molecule has 1 aromatic carbocycles. The number of nitrogens with zero attached hydrogens (tertiary/aromatic N) is 1. The summed E-state index contributed by atoms with van der Waals surface area (Å²) in [5, 5.41) is 3.68. The number of thiocarbonyl (C=S) groups is 1. The standard InChI is InChI=1S/C14H20ClN3OS/c1-3-18(4-2)12(19)8-9-17-11-7-5-6-10(15)13(11)14(16)20/h5-7,17H,3-4,8-9H2,1-2H3,(H2,16,20). The number of nitrogens with two attached hydrogens (primary N) is 1. The summed E-state index contributed by atoms with van der Waals surface area (Å²) in [5.74, 6) is 0.126. The summed E-state index contributed by atoms with van der Waals surface area (Å²) in [6.07, 6.45) is 0.422. The average molecular weight is 314 g/mol. The van der Waals surface area contributed by atoms with E-state index in [9.17, 15) is 4.79 Å². The Labute approximate surface area is 130 Å². The van der Waals surface area contributed by atoms with E-state index in [1.54, 1.807) is 11.0 Å². The van der Waals surface area contributed by atoms with Crippen LogP contribution < -0.4 is 11.1 Å². The number of benzene rings is 1. The Hall–Kier alpha value is -1.33. The van der Waals surface area contributed by atoms with E-state index in [1.165, 1.54) is 0 Å². The van der Waals surface area contributed by atoms with Crippen LogP contribution in [0.15, 0.2) is 18.2 Å². The Kier molecular flexibility index (Phi) is 6.75. The van der Waals surface area contributed by atoms with Gasteiger partial charge < -0.3 is 16.0 Å². The molecule has 0 bridgehead atoms. The number of nitrogens with one attached hydrogen (secondary N) is 1. The van der Waals surface area contributed by atoms with Crippen LogP contribution in [0.2, 0.25) is 5.02 Å². The molecule has 0 aliphatic heterocycles. The SMILES string of the molecule is CCN(CC)C(=O)CCNc1cccc(Cl)c1C(N)=S. The lowest BCUT2D eigenvalue weighted by Crippen LogP contribution is -2.31. The van der Waals surface area contributed by atoms with E-state index in [4.69, 9.17) is 29.6 Å². The number of hydrogen-bond donors (Lipinski definition) is 2. The van der Waals surface area contributed by atoms with Crippen LogP contribution in [0.25, 0.3) is 0 Å². The molecule has 0 saturated carbocycles. The van der Waals surface area contributed by atoms with Gasteiger partial charge in [-0.3, -0.25) is 4.79 Å². The second kappa shape index (κ2) is 8.07. The first-order valence-electron chi connectivity index (χ1n) is 6.61. The van der Waals surface area contributed by atoms with Crippen LogP contribution in [-0.2, 0) is 4.79 Å². The largest absolute Gasteiger partial charge is 0.389 e. The van der Waals surface area contributed by atoms with Crippen LogP contribution >= 0.6 is 23.8 Å². The Bertz CT molecular complexity index is 489. The maximum atomic E-state index is 11.9. The fraction of sp³-hybridized carbons (Fsp3) is 0.429. The van der Waals surface area contributed by atoms with E-state index in [2.05, 4.69) is 5.32 Å². The van der Waals surface area contributed by atoms with Gasteiger partial charge in [0.1, 0.15) is 4.99 Å². The molecule has 0 atom stereocenters. The van der Waals surface area contributed by atoms with E-state index in [-0.39, 0.29) is 10.9 Å². The molecule has 1 aromatic rings. The number of carbonyl (C=O) groups is 1. The highest BCUT2D eigenvalue weighted by Crippen LogP contribution is 2.24. The van der Waals surface area contributed by atoms with Gasteiger partial charge >= 0.3 is 0 Å². The second-order valence-corrected chi connectivity index (χ2v) is 5.12. The van der Waals surface area contributed by atoms with Crippen molar-refractivity contribution in [2.24, 2.45) is 5.73 Å². The lowest BCUT2D eigenvalue weighted by Gasteiger charge is -2.19. The summed E-state index contributed by atoms with van der Waals surface area (Å²) >= 11 is 11.1. The lowest BCUT2D eigenvalue weighted by atomic mass is 10.1. The minimum absolute atomic E-state index is 0.126. The van der Waals surface area contributed by atoms with Gasteiger partial charge in [-0.1, -0.05) is 29.9 Å². The Morgan fingerprint density at radius 2 is 2.05 bits per heavy atom. The molecule has 0 unspecified atom stereocenters. The van der Waals surface area contributed by atoms with Crippen LogP contribution in [0.5, 0.6) is 0 Å². The quantitative estimate of drug-likeness (QED) is 0.760. The molecule has 0 radical (unpaired) electrons. The molecule has 6 heteroatoms. The van der Waals surface area contributed by atoms with Crippen molar-refractivity contribution in [2.45, 2.75) is 20.3 Å². The minimum Gasteiger partial charge on any atom is -0.389 e. The summed E-state index contributed by atoms with van der Waals surface area (Å²) in [7, 11) is 0. The molecule has 0 heterocycles. The maximum Gasteiger partial charge on any atom is 0.224 e. The van der Waals surface area contributed by atoms with Crippen LogP contribution in [0.1, 0.15) is 25.8 Å². The summed E-state index contributed by atoms with van der Waals surface area (Å²) in [4.78, 5) is 13.9. The van der Waals surface area contributed by atoms with Crippen molar-refractivity contribution in [3.8, 4) is 0 Å². The molecule has 0 aliphatic carbocycles. The van der Waals surface area contributed by atoms with Crippen LogP contribution in [0.3, 0.4) is 0 Å². The molecule has 0 saturated heterocycles. The third-order valence-corrected chi connectivity index (χ3v) is 3.55. The fourth-order valence-corrected chi connectivity index (χ4v) is 2.51. The van der Waals surface area contributed by atoms with Crippen molar-refractivity contribution in [3.05, 3.63) is 28.8 Å². The van der Waals surface area contributed by atoms with Gasteiger partial charge in [-0.15, -0.1) is 0 Å².